The van der Waals surface area contributed by atoms with E-state index < -0.39 is 35.6 Å². The summed E-state index contributed by atoms with van der Waals surface area (Å²) < 4.78 is 58.7. The standard InChI is InChI=1S/C22H21F4N5O3/c1-29(22(4-5-22)11-34-21(25)26)19(32)13-9-27-31-7-6-30(10-17(13)31)20(33)16-8-12-15(28-16)3-2-14(23)18(12)24/h2-3,8-9,21,28H,4-7,10-11H2,1H3. The molecule has 12 heteroatoms. The van der Waals surface area contributed by atoms with Crippen LogP contribution in [-0.4, -0.2) is 68.7 Å². The Bertz CT molecular complexity index is 1280. The van der Waals surface area contributed by atoms with E-state index in [1.807, 2.05) is 0 Å². The van der Waals surface area contributed by atoms with E-state index in [0.29, 0.717) is 37.1 Å². The molecular weight excluding hydrogens is 458 g/mol. The lowest BCUT2D eigenvalue weighted by molar-refractivity contribution is -0.141. The van der Waals surface area contributed by atoms with Crippen LogP contribution in [0.25, 0.3) is 10.9 Å². The molecular formula is C22H21F4N5O3. The third kappa shape index (κ3) is 3.71. The summed E-state index contributed by atoms with van der Waals surface area (Å²) in [5.41, 5.74) is 0.389. The molecule has 5 rings (SSSR count). The van der Waals surface area contributed by atoms with Crippen molar-refractivity contribution < 1.29 is 31.9 Å². The maximum Gasteiger partial charge on any atom is 0.345 e. The second-order valence-corrected chi connectivity index (χ2v) is 8.62. The first-order valence-electron chi connectivity index (χ1n) is 10.7. The average Bonchev–Trinajstić information content (AvgIpc) is 3.30. The van der Waals surface area contributed by atoms with Crippen molar-refractivity contribution in [2.24, 2.45) is 0 Å². The highest BCUT2D eigenvalue weighted by Gasteiger charge is 2.50. The van der Waals surface area contributed by atoms with Gasteiger partial charge < -0.3 is 19.5 Å². The molecule has 2 aromatic heterocycles. The number of nitrogens with zero attached hydrogens (tertiary/aromatic N) is 4. The first-order valence-corrected chi connectivity index (χ1v) is 10.7. The van der Waals surface area contributed by atoms with Crippen LogP contribution in [0.3, 0.4) is 0 Å². The monoisotopic (exact) mass is 479 g/mol. The highest BCUT2D eigenvalue weighted by molar-refractivity contribution is 5.99. The fraction of sp³-hybridized carbons (Fsp3) is 0.409. The van der Waals surface area contributed by atoms with E-state index in [1.165, 1.54) is 35.2 Å². The van der Waals surface area contributed by atoms with Gasteiger partial charge in [0.1, 0.15) is 5.69 Å². The molecule has 0 atom stereocenters. The quantitative estimate of drug-likeness (QED) is 0.551. The normalized spacial score (nSPS) is 16.7. The van der Waals surface area contributed by atoms with E-state index in [4.69, 9.17) is 0 Å². The summed E-state index contributed by atoms with van der Waals surface area (Å²) in [6.07, 6.45) is 2.51. The molecule has 0 saturated heterocycles. The van der Waals surface area contributed by atoms with Crippen LogP contribution in [0.1, 0.15) is 39.4 Å². The Morgan fingerprint density at radius 2 is 2.03 bits per heavy atom. The summed E-state index contributed by atoms with van der Waals surface area (Å²) in [6.45, 7) is -2.48. The number of amides is 2. The predicted octanol–water partition coefficient (Wildman–Crippen LogP) is 3.14. The summed E-state index contributed by atoms with van der Waals surface area (Å²) in [4.78, 5) is 32.0. The molecule has 1 fully saturated rings. The fourth-order valence-electron chi connectivity index (χ4n) is 4.36. The van der Waals surface area contributed by atoms with Crippen molar-refractivity contribution >= 4 is 22.7 Å². The number of aromatic amines is 1. The van der Waals surface area contributed by atoms with E-state index in [2.05, 4.69) is 14.8 Å². The smallest absolute Gasteiger partial charge is 0.345 e. The first kappa shape index (κ1) is 22.4. The van der Waals surface area contributed by atoms with Crippen LogP contribution in [0.4, 0.5) is 17.6 Å². The van der Waals surface area contributed by atoms with Gasteiger partial charge in [-0.25, -0.2) is 8.78 Å². The zero-order valence-electron chi connectivity index (χ0n) is 18.2. The Labute approximate surface area is 191 Å². The molecule has 1 saturated carbocycles. The minimum Gasteiger partial charge on any atom is -0.350 e. The SMILES string of the molecule is CN(C(=O)c1cnn2c1CN(C(=O)c1cc3c(F)c(F)ccc3[nH]1)CC2)C1(COC(F)F)CC1. The molecule has 1 aromatic carbocycles. The van der Waals surface area contributed by atoms with Gasteiger partial charge in [-0.2, -0.15) is 13.9 Å². The minimum absolute atomic E-state index is 0.0244. The van der Waals surface area contributed by atoms with Crippen LogP contribution >= 0.6 is 0 Å². The molecule has 0 unspecified atom stereocenters. The summed E-state index contributed by atoms with van der Waals surface area (Å²) in [5, 5.41) is 4.22. The Morgan fingerprint density at radius 3 is 2.74 bits per heavy atom. The molecule has 3 heterocycles. The molecule has 2 aliphatic rings. The largest absolute Gasteiger partial charge is 0.350 e. The van der Waals surface area contributed by atoms with Gasteiger partial charge >= 0.3 is 6.61 Å². The van der Waals surface area contributed by atoms with Crippen molar-refractivity contribution in [1.29, 1.82) is 0 Å². The second-order valence-electron chi connectivity index (χ2n) is 8.62. The molecule has 180 valence electrons. The van der Waals surface area contributed by atoms with E-state index in [1.54, 1.807) is 4.68 Å². The lowest BCUT2D eigenvalue weighted by atomic mass is 10.1. The Balaban J connectivity index is 1.36. The van der Waals surface area contributed by atoms with Gasteiger partial charge in [0.05, 0.1) is 42.7 Å². The molecule has 8 nitrogen and oxygen atoms in total. The number of carbonyl (C=O) groups is 2. The number of halogens is 4. The number of benzene rings is 1. The topological polar surface area (TPSA) is 83.5 Å². The van der Waals surface area contributed by atoms with Crippen molar-refractivity contribution in [3.05, 3.63) is 53.0 Å². The summed E-state index contributed by atoms with van der Waals surface area (Å²) in [5.74, 6) is -2.87. The van der Waals surface area contributed by atoms with Crippen LogP contribution in [0.2, 0.25) is 0 Å². The number of ether oxygens (including phenoxy) is 1. The van der Waals surface area contributed by atoms with Gasteiger partial charge in [-0.05, 0) is 31.0 Å². The number of alkyl halides is 2. The number of hydrogen-bond acceptors (Lipinski definition) is 4. The third-order valence-corrected chi connectivity index (χ3v) is 6.63. The number of fused-ring (bicyclic) bond motifs is 2. The van der Waals surface area contributed by atoms with Gasteiger partial charge in [-0.3, -0.25) is 14.3 Å². The van der Waals surface area contributed by atoms with Gasteiger partial charge in [0.15, 0.2) is 11.6 Å². The van der Waals surface area contributed by atoms with Gasteiger partial charge in [0, 0.05) is 24.5 Å². The molecule has 0 bridgehead atoms. The maximum atomic E-state index is 14.1. The van der Waals surface area contributed by atoms with Gasteiger partial charge in [-0.1, -0.05) is 0 Å². The predicted molar refractivity (Wildman–Crippen MR) is 111 cm³/mol. The number of rotatable bonds is 6. The minimum atomic E-state index is -2.92. The van der Waals surface area contributed by atoms with E-state index in [0.717, 1.165) is 6.07 Å². The molecule has 1 N–H and O–H groups in total. The maximum absolute atomic E-state index is 14.1. The molecule has 0 spiro atoms. The summed E-state index contributed by atoms with van der Waals surface area (Å²) in [7, 11) is 1.54. The zero-order chi connectivity index (χ0) is 24.2. The van der Waals surface area contributed by atoms with Crippen molar-refractivity contribution in [2.45, 2.75) is 38.1 Å². The van der Waals surface area contributed by atoms with Crippen LogP contribution in [0.5, 0.6) is 0 Å². The molecule has 34 heavy (non-hydrogen) atoms. The lowest BCUT2D eigenvalue weighted by Crippen LogP contribution is -2.44. The highest BCUT2D eigenvalue weighted by Crippen LogP contribution is 2.42. The van der Waals surface area contributed by atoms with Crippen molar-refractivity contribution in [3.63, 3.8) is 0 Å². The first-order chi connectivity index (χ1) is 16.2. The third-order valence-electron chi connectivity index (χ3n) is 6.63. The van der Waals surface area contributed by atoms with Crippen LogP contribution < -0.4 is 0 Å². The van der Waals surface area contributed by atoms with Gasteiger partial charge in [-0.15, -0.1) is 0 Å². The van der Waals surface area contributed by atoms with Gasteiger partial charge in [0.25, 0.3) is 11.8 Å². The molecule has 3 aromatic rings. The molecule has 1 aliphatic heterocycles. The van der Waals surface area contributed by atoms with Gasteiger partial charge in [0.2, 0.25) is 0 Å². The molecule has 0 radical (unpaired) electrons. The number of carbonyl (C=O) groups excluding carboxylic acids is 2. The number of hydrogen-bond donors (Lipinski definition) is 1. The number of likely N-dealkylation sites (N-methyl/N-ethyl adjacent to an activating group) is 1. The second kappa shape index (κ2) is 8.12. The number of aromatic nitrogens is 3. The zero-order valence-corrected chi connectivity index (χ0v) is 18.2. The van der Waals surface area contributed by atoms with Crippen LogP contribution in [0, 0.1) is 11.6 Å². The Kier molecular flexibility index (Phi) is 5.34. The fourth-order valence-corrected chi connectivity index (χ4v) is 4.36. The van der Waals surface area contributed by atoms with Crippen molar-refractivity contribution in [3.8, 4) is 0 Å². The van der Waals surface area contributed by atoms with E-state index >= 15 is 0 Å². The highest BCUT2D eigenvalue weighted by atomic mass is 19.3. The van der Waals surface area contributed by atoms with E-state index in [-0.39, 0.29) is 29.8 Å². The molecule has 2 amide bonds. The van der Waals surface area contributed by atoms with Crippen LogP contribution in [0.15, 0.2) is 24.4 Å². The van der Waals surface area contributed by atoms with E-state index in [9.17, 15) is 27.2 Å². The summed E-state index contributed by atoms with van der Waals surface area (Å²) >= 11 is 0. The number of H-pyrrole nitrogens is 1. The number of nitrogens with one attached hydrogen (secondary N) is 1. The Morgan fingerprint density at radius 1 is 1.26 bits per heavy atom. The summed E-state index contributed by atoms with van der Waals surface area (Å²) in [6, 6.07) is 3.60. The van der Waals surface area contributed by atoms with Crippen LogP contribution in [-0.2, 0) is 17.8 Å². The Hall–Kier alpha value is -3.41. The van der Waals surface area contributed by atoms with Crippen molar-refractivity contribution in [2.75, 3.05) is 20.2 Å². The van der Waals surface area contributed by atoms with Crippen molar-refractivity contribution in [1.82, 2.24) is 24.6 Å². The lowest BCUT2D eigenvalue weighted by Gasteiger charge is -2.30. The molecule has 1 aliphatic carbocycles. The average molecular weight is 479 g/mol.